The molecule has 1 aliphatic carbocycles. The number of rotatable bonds is 4. The van der Waals surface area contributed by atoms with E-state index in [2.05, 4.69) is 16.1 Å². The number of carbonyl (C=O) groups excluding carboxylic acids is 1. The van der Waals surface area contributed by atoms with Crippen LogP contribution in [0.3, 0.4) is 0 Å². The summed E-state index contributed by atoms with van der Waals surface area (Å²) in [6.45, 7) is 1.68. The molecule has 0 unspecified atom stereocenters. The summed E-state index contributed by atoms with van der Waals surface area (Å²) >= 11 is 6.07. The van der Waals surface area contributed by atoms with Gasteiger partial charge < -0.3 is 4.90 Å². The van der Waals surface area contributed by atoms with E-state index < -0.39 is 0 Å². The molecule has 0 radical (unpaired) electrons. The van der Waals surface area contributed by atoms with Gasteiger partial charge in [-0.05, 0) is 48.9 Å². The molecule has 3 atom stereocenters. The lowest BCUT2D eigenvalue weighted by molar-refractivity contribution is -0.133. The van der Waals surface area contributed by atoms with Crippen LogP contribution in [-0.2, 0) is 11.3 Å². The molecule has 23 heavy (non-hydrogen) atoms. The standard InChI is InChI=1S/C18H20ClN3O/c19-14-5-1-4-13(10-14)16-11-17(16)18(23)22-9-2-6-15(22)12-21-8-3-7-20-21/h1,3-5,7-8,10,15-17H,2,6,9,11-12H2/t15-,16+,17-/m1/s1. The molecular weight excluding hydrogens is 310 g/mol. The topological polar surface area (TPSA) is 38.1 Å². The lowest BCUT2D eigenvalue weighted by Crippen LogP contribution is -2.39. The van der Waals surface area contributed by atoms with Gasteiger partial charge in [0.05, 0.1) is 12.6 Å². The molecule has 5 heteroatoms. The Morgan fingerprint density at radius 2 is 2.26 bits per heavy atom. The fraction of sp³-hybridized carbons (Fsp3) is 0.444. The Hall–Kier alpha value is -1.81. The minimum absolute atomic E-state index is 0.131. The molecule has 0 N–H and O–H groups in total. The van der Waals surface area contributed by atoms with Gasteiger partial charge in [-0.3, -0.25) is 9.48 Å². The second kappa shape index (κ2) is 6.00. The zero-order valence-electron chi connectivity index (χ0n) is 12.9. The summed E-state index contributed by atoms with van der Waals surface area (Å²) in [6.07, 6.45) is 6.86. The molecule has 1 amide bonds. The Morgan fingerprint density at radius 3 is 3.04 bits per heavy atom. The Morgan fingerprint density at radius 1 is 1.35 bits per heavy atom. The van der Waals surface area contributed by atoms with Crippen LogP contribution in [0.15, 0.2) is 42.7 Å². The summed E-state index contributed by atoms with van der Waals surface area (Å²) < 4.78 is 1.93. The van der Waals surface area contributed by atoms with Crippen LogP contribution in [0.5, 0.6) is 0 Å². The minimum atomic E-state index is 0.131. The maximum Gasteiger partial charge on any atom is 0.226 e. The van der Waals surface area contributed by atoms with Gasteiger partial charge in [-0.2, -0.15) is 5.10 Å². The van der Waals surface area contributed by atoms with Crippen LogP contribution in [0.2, 0.25) is 5.02 Å². The number of carbonyl (C=O) groups is 1. The monoisotopic (exact) mass is 329 g/mol. The number of nitrogens with zero attached hydrogens (tertiary/aromatic N) is 3. The molecule has 1 aromatic carbocycles. The highest BCUT2D eigenvalue weighted by atomic mass is 35.5. The van der Waals surface area contributed by atoms with Crippen LogP contribution in [0.1, 0.15) is 30.7 Å². The minimum Gasteiger partial charge on any atom is -0.338 e. The first-order valence-electron chi connectivity index (χ1n) is 8.26. The van der Waals surface area contributed by atoms with Crippen LogP contribution >= 0.6 is 11.6 Å². The van der Waals surface area contributed by atoms with Crippen molar-refractivity contribution in [2.45, 2.75) is 37.8 Å². The molecule has 1 aromatic heterocycles. The molecule has 2 fully saturated rings. The van der Waals surface area contributed by atoms with Crippen molar-refractivity contribution in [2.75, 3.05) is 6.54 Å². The van der Waals surface area contributed by atoms with E-state index in [9.17, 15) is 4.79 Å². The second-order valence-electron chi connectivity index (χ2n) is 6.56. The van der Waals surface area contributed by atoms with Crippen LogP contribution in [-0.4, -0.2) is 33.2 Å². The Balaban J connectivity index is 1.43. The Labute approximate surface area is 141 Å². The Kier molecular flexibility index (Phi) is 3.85. The highest BCUT2D eigenvalue weighted by Crippen LogP contribution is 2.49. The third-order valence-electron chi connectivity index (χ3n) is 5.00. The van der Waals surface area contributed by atoms with E-state index in [1.807, 2.05) is 35.1 Å². The molecule has 4 nitrogen and oxygen atoms in total. The normalized spacial score (nSPS) is 26.5. The van der Waals surface area contributed by atoms with Crippen molar-refractivity contribution in [1.29, 1.82) is 0 Å². The molecule has 1 saturated carbocycles. The number of hydrogen-bond donors (Lipinski definition) is 0. The number of aromatic nitrogens is 2. The van der Waals surface area contributed by atoms with Gasteiger partial charge in [-0.15, -0.1) is 0 Å². The highest BCUT2D eigenvalue weighted by molar-refractivity contribution is 6.30. The van der Waals surface area contributed by atoms with Crippen LogP contribution in [0.4, 0.5) is 0 Å². The summed E-state index contributed by atoms with van der Waals surface area (Å²) in [7, 11) is 0. The predicted molar refractivity (Wildman–Crippen MR) is 89.3 cm³/mol. The first-order chi connectivity index (χ1) is 11.2. The molecule has 0 spiro atoms. The smallest absolute Gasteiger partial charge is 0.226 e. The predicted octanol–water partition coefficient (Wildman–Crippen LogP) is 3.33. The average Bonchev–Trinajstić information content (AvgIpc) is 2.94. The summed E-state index contributed by atoms with van der Waals surface area (Å²) in [6, 6.07) is 10.1. The highest BCUT2D eigenvalue weighted by Gasteiger charge is 2.47. The van der Waals surface area contributed by atoms with E-state index in [0.29, 0.717) is 11.8 Å². The van der Waals surface area contributed by atoms with E-state index in [1.165, 1.54) is 5.56 Å². The second-order valence-corrected chi connectivity index (χ2v) is 7.00. The zero-order valence-corrected chi connectivity index (χ0v) is 13.7. The fourth-order valence-electron chi connectivity index (χ4n) is 3.73. The summed E-state index contributed by atoms with van der Waals surface area (Å²) in [4.78, 5) is 15.0. The summed E-state index contributed by atoms with van der Waals surface area (Å²) in [5.74, 6) is 0.781. The first-order valence-corrected chi connectivity index (χ1v) is 8.63. The number of halogens is 1. The molecule has 0 bridgehead atoms. The Bertz CT molecular complexity index is 700. The van der Waals surface area contributed by atoms with Crippen molar-refractivity contribution in [3.8, 4) is 0 Å². The zero-order chi connectivity index (χ0) is 15.8. The molecule has 1 aliphatic heterocycles. The molecule has 2 aromatic rings. The number of likely N-dealkylation sites (tertiary alicyclic amines) is 1. The molecule has 2 aliphatic rings. The number of hydrogen-bond acceptors (Lipinski definition) is 2. The maximum atomic E-state index is 12.9. The van der Waals surface area contributed by atoms with Gasteiger partial charge in [0.15, 0.2) is 0 Å². The SMILES string of the molecule is O=C([C@@H]1C[C@H]1c1cccc(Cl)c1)N1CCC[C@@H]1Cn1cccn1. The first kappa shape index (κ1) is 14.8. The van der Waals surface area contributed by atoms with Gasteiger partial charge in [0.1, 0.15) is 0 Å². The van der Waals surface area contributed by atoms with Crippen LogP contribution in [0, 0.1) is 5.92 Å². The molecule has 1 saturated heterocycles. The fourth-order valence-corrected chi connectivity index (χ4v) is 3.93. The quantitative estimate of drug-likeness (QED) is 0.863. The van der Waals surface area contributed by atoms with Gasteiger partial charge in [-0.25, -0.2) is 0 Å². The van der Waals surface area contributed by atoms with Gasteiger partial charge in [0, 0.05) is 29.9 Å². The van der Waals surface area contributed by atoms with E-state index in [4.69, 9.17) is 11.6 Å². The van der Waals surface area contributed by atoms with Crippen LogP contribution < -0.4 is 0 Å². The van der Waals surface area contributed by atoms with E-state index in [-0.39, 0.29) is 12.0 Å². The molecule has 120 valence electrons. The molecule has 2 heterocycles. The van der Waals surface area contributed by atoms with E-state index in [0.717, 1.165) is 37.4 Å². The average molecular weight is 330 g/mol. The van der Waals surface area contributed by atoms with Crippen molar-refractivity contribution < 1.29 is 4.79 Å². The molecular formula is C18H20ClN3O. The third-order valence-corrected chi connectivity index (χ3v) is 5.24. The van der Waals surface area contributed by atoms with Crippen molar-refractivity contribution in [3.05, 3.63) is 53.3 Å². The van der Waals surface area contributed by atoms with Gasteiger partial charge in [0.2, 0.25) is 5.91 Å². The summed E-state index contributed by atoms with van der Waals surface area (Å²) in [5.41, 5.74) is 1.19. The van der Waals surface area contributed by atoms with E-state index >= 15 is 0 Å². The third kappa shape index (κ3) is 3.00. The lowest BCUT2D eigenvalue weighted by Gasteiger charge is -2.25. The van der Waals surface area contributed by atoms with Crippen LogP contribution in [0.25, 0.3) is 0 Å². The lowest BCUT2D eigenvalue weighted by atomic mass is 10.1. The van der Waals surface area contributed by atoms with Crippen molar-refractivity contribution in [3.63, 3.8) is 0 Å². The molecule has 4 rings (SSSR count). The maximum absolute atomic E-state index is 12.9. The number of amides is 1. The van der Waals surface area contributed by atoms with Crippen molar-refractivity contribution in [1.82, 2.24) is 14.7 Å². The van der Waals surface area contributed by atoms with E-state index in [1.54, 1.807) is 6.20 Å². The summed E-state index contributed by atoms with van der Waals surface area (Å²) in [5, 5.41) is 5.02. The van der Waals surface area contributed by atoms with Gasteiger partial charge >= 0.3 is 0 Å². The largest absolute Gasteiger partial charge is 0.338 e. The van der Waals surface area contributed by atoms with Crippen molar-refractivity contribution in [2.24, 2.45) is 5.92 Å². The van der Waals surface area contributed by atoms with Gasteiger partial charge in [-0.1, -0.05) is 23.7 Å². The number of benzene rings is 1. The van der Waals surface area contributed by atoms with Crippen molar-refractivity contribution >= 4 is 17.5 Å². The van der Waals surface area contributed by atoms with Gasteiger partial charge in [0.25, 0.3) is 0 Å².